The third kappa shape index (κ3) is 6.18. The average Bonchev–Trinajstić information content (AvgIpc) is 2.74. The Kier molecular flexibility index (Phi) is 6.74. The number of anilines is 1. The van der Waals surface area contributed by atoms with Crippen molar-refractivity contribution in [2.24, 2.45) is 0 Å². The molecule has 0 saturated carbocycles. The van der Waals surface area contributed by atoms with Crippen molar-refractivity contribution < 1.29 is 27.5 Å². The molecule has 1 amide bonds. The number of alkyl halides is 3. The summed E-state index contributed by atoms with van der Waals surface area (Å²) < 4.78 is 43.5. The lowest BCUT2D eigenvalue weighted by Crippen LogP contribution is -2.30. The SMILES string of the molecule is C[C@H](OC(=O)Cc1ccc(-c2ccccc2)cc1)C(=O)Nc1cccc(C(F)(F)F)c1. The molecule has 7 heteroatoms. The lowest BCUT2D eigenvalue weighted by atomic mass is 10.0. The van der Waals surface area contributed by atoms with Crippen LogP contribution in [0.15, 0.2) is 78.9 Å². The Morgan fingerprint density at radius 3 is 2.19 bits per heavy atom. The third-order valence-corrected chi connectivity index (χ3v) is 4.54. The van der Waals surface area contributed by atoms with Gasteiger partial charge < -0.3 is 10.1 Å². The minimum atomic E-state index is -4.52. The lowest BCUT2D eigenvalue weighted by molar-refractivity contribution is -0.152. The summed E-state index contributed by atoms with van der Waals surface area (Å²) in [7, 11) is 0. The summed E-state index contributed by atoms with van der Waals surface area (Å²) in [6.07, 6.45) is -5.71. The lowest BCUT2D eigenvalue weighted by Gasteiger charge is -2.15. The summed E-state index contributed by atoms with van der Waals surface area (Å²) >= 11 is 0. The van der Waals surface area contributed by atoms with Crippen LogP contribution < -0.4 is 5.32 Å². The standard InChI is InChI=1S/C24H20F3NO3/c1-16(23(30)28-21-9-5-8-20(15-21)24(25,26)27)31-22(29)14-17-10-12-19(13-11-17)18-6-3-2-4-7-18/h2-13,15-16H,14H2,1H3,(H,28,30)/t16-/m0/s1. The molecule has 0 aliphatic carbocycles. The maximum absolute atomic E-state index is 12.8. The molecule has 31 heavy (non-hydrogen) atoms. The Morgan fingerprint density at radius 2 is 1.55 bits per heavy atom. The molecule has 0 aromatic heterocycles. The minimum Gasteiger partial charge on any atom is -0.452 e. The van der Waals surface area contributed by atoms with Crippen molar-refractivity contribution in [3.63, 3.8) is 0 Å². The van der Waals surface area contributed by atoms with Gasteiger partial charge >= 0.3 is 12.1 Å². The van der Waals surface area contributed by atoms with Crippen LogP contribution in [-0.2, 0) is 26.9 Å². The Bertz CT molecular complexity index is 1050. The van der Waals surface area contributed by atoms with Gasteiger partial charge in [-0.15, -0.1) is 0 Å². The summed E-state index contributed by atoms with van der Waals surface area (Å²) in [6.45, 7) is 1.36. The smallest absolute Gasteiger partial charge is 0.416 e. The van der Waals surface area contributed by atoms with Crippen LogP contribution >= 0.6 is 0 Å². The summed E-state index contributed by atoms with van der Waals surface area (Å²) in [4.78, 5) is 24.4. The van der Waals surface area contributed by atoms with Crippen LogP contribution in [0.3, 0.4) is 0 Å². The van der Waals surface area contributed by atoms with Crippen LogP contribution in [-0.4, -0.2) is 18.0 Å². The first-order valence-corrected chi connectivity index (χ1v) is 9.54. The molecule has 0 fully saturated rings. The van der Waals surface area contributed by atoms with E-state index in [0.717, 1.165) is 28.8 Å². The molecular weight excluding hydrogens is 407 g/mol. The van der Waals surface area contributed by atoms with E-state index in [4.69, 9.17) is 4.74 Å². The van der Waals surface area contributed by atoms with E-state index in [1.807, 2.05) is 42.5 Å². The number of esters is 1. The molecule has 0 saturated heterocycles. The molecule has 0 spiro atoms. The van der Waals surface area contributed by atoms with Crippen LogP contribution in [0.2, 0.25) is 0 Å². The molecular formula is C24H20F3NO3. The Balaban J connectivity index is 1.55. The first-order chi connectivity index (χ1) is 14.7. The predicted molar refractivity (Wildman–Crippen MR) is 111 cm³/mol. The largest absolute Gasteiger partial charge is 0.452 e. The van der Waals surface area contributed by atoms with E-state index in [1.165, 1.54) is 19.1 Å². The number of carbonyl (C=O) groups is 2. The number of amides is 1. The highest BCUT2D eigenvalue weighted by Gasteiger charge is 2.30. The number of hydrogen-bond donors (Lipinski definition) is 1. The van der Waals surface area contributed by atoms with Gasteiger partial charge in [-0.25, -0.2) is 0 Å². The molecule has 0 aliphatic rings. The van der Waals surface area contributed by atoms with Gasteiger partial charge in [-0.3, -0.25) is 9.59 Å². The van der Waals surface area contributed by atoms with Crippen molar-refractivity contribution in [1.82, 2.24) is 0 Å². The average molecular weight is 427 g/mol. The van der Waals surface area contributed by atoms with E-state index < -0.39 is 29.7 Å². The van der Waals surface area contributed by atoms with E-state index in [-0.39, 0.29) is 12.1 Å². The van der Waals surface area contributed by atoms with Gasteiger partial charge in [-0.2, -0.15) is 13.2 Å². The fraction of sp³-hybridized carbons (Fsp3) is 0.167. The molecule has 160 valence electrons. The molecule has 0 heterocycles. The molecule has 0 radical (unpaired) electrons. The van der Waals surface area contributed by atoms with E-state index in [0.29, 0.717) is 0 Å². The second-order valence-corrected chi connectivity index (χ2v) is 6.94. The van der Waals surface area contributed by atoms with E-state index >= 15 is 0 Å². The normalized spacial score (nSPS) is 12.1. The number of halogens is 3. The van der Waals surface area contributed by atoms with Crippen LogP contribution in [0.1, 0.15) is 18.1 Å². The molecule has 0 bridgehead atoms. The monoisotopic (exact) mass is 427 g/mol. The molecule has 1 atom stereocenters. The quantitative estimate of drug-likeness (QED) is 0.530. The zero-order valence-electron chi connectivity index (χ0n) is 16.6. The van der Waals surface area contributed by atoms with Crippen LogP contribution in [0, 0.1) is 0 Å². The van der Waals surface area contributed by atoms with Gasteiger partial charge in [0, 0.05) is 5.69 Å². The molecule has 3 rings (SSSR count). The Morgan fingerprint density at radius 1 is 0.903 bits per heavy atom. The van der Waals surface area contributed by atoms with Crippen molar-refractivity contribution in [2.75, 3.05) is 5.32 Å². The van der Waals surface area contributed by atoms with Gasteiger partial charge in [-0.1, -0.05) is 60.7 Å². The molecule has 0 aliphatic heterocycles. The summed E-state index contributed by atoms with van der Waals surface area (Å²) in [5.74, 6) is -1.33. The first-order valence-electron chi connectivity index (χ1n) is 9.54. The highest BCUT2D eigenvalue weighted by Crippen LogP contribution is 2.30. The molecule has 3 aromatic carbocycles. The number of rotatable bonds is 6. The number of nitrogens with one attached hydrogen (secondary N) is 1. The van der Waals surface area contributed by atoms with E-state index in [1.54, 1.807) is 12.1 Å². The molecule has 1 N–H and O–H groups in total. The summed E-state index contributed by atoms with van der Waals surface area (Å²) in [6, 6.07) is 21.4. The number of hydrogen-bond acceptors (Lipinski definition) is 3. The predicted octanol–water partition coefficient (Wildman–Crippen LogP) is 5.49. The van der Waals surface area contributed by atoms with Crippen molar-refractivity contribution in [1.29, 1.82) is 0 Å². The van der Waals surface area contributed by atoms with Gasteiger partial charge in [0.05, 0.1) is 12.0 Å². The molecule has 0 unspecified atom stereocenters. The molecule has 4 nitrogen and oxygen atoms in total. The second-order valence-electron chi connectivity index (χ2n) is 6.94. The topological polar surface area (TPSA) is 55.4 Å². The number of benzene rings is 3. The number of carbonyl (C=O) groups excluding carboxylic acids is 2. The summed E-state index contributed by atoms with van der Waals surface area (Å²) in [5.41, 5.74) is 1.87. The van der Waals surface area contributed by atoms with Crippen molar-refractivity contribution >= 4 is 17.6 Å². The van der Waals surface area contributed by atoms with Crippen LogP contribution in [0.5, 0.6) is 0 Å². The zero-order chi connectivity index (χ0) is 22.4. The van der Waals surface area contributed by atoms with Gasteiger partial charge in [0.2, 0.25) is 0 Å². The maximum Gasteiger partial charge on any atom is 0.416 e. The minimum absolute atomic E-state index is 0.0285. The summed E-state index contributed by atoms with van der Waals surface area (Å²) in [5, 5.41) is 2.33. The van der Waals surface area contributed by atoms with Crippen molar-refractivity contribution in [3.8, 4) is 11.1 Å². The fourth-order valence-corrected chi connectivity index (χ4v) is 2.92. The fourth-order valence-electron chi connectivity index (χ4n) is 2.92. The van der Waals surface area contributed by atoms with Gasteiger partial charge in [-0.05, 0) is 41.8 Å². The van der Waals surface area contributed by atoms with Crippen LogP contribution in [0.25, 0.3) is 11.1 Å². The maximum atomic E-state index is 12.8. The number of ether oxygens (including phenoxy) is 1. The highest BCUT2D eigenvalue weighted by atomic mass is 19.4. The zero-order valence-corrected chi connectivity index (χ0v) is 16.6. The van der Waals surface area contributed by atoms with Crippen molar-refractivity contribution in [2.45, 2.75) is 25.6 Å². The van der Waals surface area contributed by atoms with E-state index in [9.17, 15) is 22.8 Å². The Hall–Kier alpha value is -3.61. The second kappa shape index (κ2) is 9.47. The van der Waals surface area contributed by atoms with Crippen molar-refractivity contribution in [3.05, 3.63) is 90.0 Å². The highest BCUT2D eigenvalue weighted by molar-refractivity contribution is 5.95. The third-order valence-electron chi connectivity index (χ3n) is 4.54. The first kappa shape index (κ1) is 22.1. The van der Waals surface area contributed by atoms with Crippen LogP contribution in [0.4, 0.5) is 18.9 Å². The van der Waals surface area contributed by atoms with Gasteiger partial charge in [0.1, 0.15) is 0 Å². The molecule has 3 aromatic rings. The Labute approximate surface area is 177 Å². The van der Waals surface area contributed by atoms with Gasteiger partial charge in [0.25, 0.3) is 5.91 Å². The van der Waals surface area contributed by atoms with E-state index in [2.05, 4.69) is 5.32 Å². The van der Waals surface area contributed by atoms with Gasteiger partial charge in [0.15, 0.2) is 6.10 Å².